The van der Waals surface area contributed by atoms with Gasteiger partial charge in [-0.3, -0.25) is 0 Å². The zero-order valence-electron chi connectivity index (χ0n) is 14.6. The number of aliphatic hydroxyl groups excluding tert-OH is 1. The van der Waals surface area contributed by atoms with Crippen molar-refractivity contribution in [3.05, 3.63) is 59.4 Å². The van der Waals surface area contributed by atoms with E-state index in [0.717, 1.165) is 43.7 Å². The molecule has 1 unspecified atom stereocenters. The van der Waals surface area contributed by atoms with Gasteiger partial charge in [-0.05, 0) is 42.2 Å². The highest BCUT2D eigenvalue weighted by Gasteiger charge is 2.28. The smallest absolute Gasteiger partial charge is 0.226 e. The number of likely N-dealkylation sites (tertiary alicyclic amines) is 1. The molecule has 25 heavy (non-hydrogen) atoms. The Morgan fingerprint density at radius 3 is 3.00 bits per heavy atom. The molecule has 2 aliphatic rings. The molecule has 3 heterocycles. The molecule has 0 radical (unpaired) electrons. The number of ether oxygens (including phenoxy) is 1. The maximum atomic E-state index is 10.3. The quantitative estimate of drug-likeness (QED) is 0.900. The van der Waals surface area contributed by atoms with Gasteiger partial charge in [0.1, 0.15) is 5.75 Å². The molecular weight excluding hydrogens is 312 g/mol. The first kappa shape index (κ1) is 16.2. The highest BCUT2D eigenvalue weighted by Crippen LogP contribution is 2.41. The van der Waals surface area contributed by atoms with E-state index in [-0.39, 0.29) is 6.10 Å². The van der Waals surface area contributed by atoms with Crippen molar-refractivity contribution < 1.29 is 9.84 Å². The summed E-state index contributed by atoms with van der Waals surface area (Å²) in [5.41, 5.74) is 4.69. The Bertz CT molecular complexity index is 800. The van der Waals surface area contributed by atoms with Crippen molar-refractivity contribution in [2.75, 3.05) is 13.1 Å². The fraction of sp³-hybridized carbons (Fsp3) is 0.381. The van der Waals surface area contributed by atoms with Crippen LogP contribution in [0.15, 0.2) is 48.3 Å². The molecule has 1 aromatic carbocycles. The summed E-state index contributed by atoms with van der Waals surface area (Å²) in [6.07, 6.45) is 4.94. The normalized spacial score (nSPS) is 22.6. The van der Waals surface area contributed by atoms with Crippen molar-refractivity contribution in [1.29, 1.82) is 0 Å². The van der Waals surface area contributed by atoms with E-state index in [1.807, 2.05) is 24.3 Å². The van der Waals surface area contributed by atoms with Gasteiger partial charge in [-0.2, -0.15) is 0 Å². The summed E-state index contributed by atoms with van der Waals surface area (Å²) < 4.78 is 6.12. The SMILES string of the molecule is CCCN1CCC(O)CC1=C1Cc2ccccc2Oc2ncccc21. The number of hydrogen-bond donors (Lipinski definition) is 1. The Labute approximate surface area is 148 Å². The van der Waals surface area contributed by atoms with E-state index >= 15 is 0 Å². The Morgan fingerprint density at radius 1 is 1.24 bits per heavy atom. The minimum Gasteiger partial charge on any atom is -0.438 e. The number of piperidine rings is 1. The van der Waals surface area contributed by atoms with Gasteiger partial charge in [0.25, 0.3) is 0 Å². The van der Waals surface area contributed by atoms with Gasteiger partial charge >= 0.3 is 0 Å². The van der Waals surface area contributed by atoms with Crippen LogP contribution in [0.5, 0.6) is 11.6 Å². The summed E-state index contributed by atoms with van der Waals surface area (Å²) in [6.45, 7) is 4.13. The third-order valence-electron chi connectivity index (χ3n) is 5.03. The molecule has 2 aliphatic heterocycles. The van der Waals surface area contributed by atoms with E-state index < -0.39 is 0 Å². The second-order valence-electron chi connectivity index (χ2n) is 6.80. The van der Waals surface area contributed by atoms with Crippen LogP contribution in [0.4, 0.5) is 0 Å². The van der Waals surface area contributed by atoms with Crippen molar-refractivity contribution in [1.82, 2.24) is 9.88 Å². The van der Waals surface area contributed by atoms with Crippen LogP contribution in [-0.4, -0.2) is 34.2 Å². The van der Waals surface area contributed by atoms with E-state index in [2.05, 4.69) is 28.9 Å². The Hall–Kier alpha value is -2.33. The van der Waals surface area contributed by atoms with Gasteiger partial charge in [0.15, 0.2) is 0 Å². The largest absolute Gasteiger partial charge is 0.438 e. The van der Waals surface area contributed by atoms with Crippen LogP contribution in [0, 0.1) is 0 Å². The number of aliphatic hydroxyl groups is 1. The molecule has 4 rings (SSSR count). The van der Waals surface area contributed by atoms with Crippen molar-refractivity contribution >= 4 is 5.57 Å². The van der Waals surface area contributed by atoms with Gasteiger partial charge in [0, 0.05) is 43.4 Å². The molecule has 4 heteroatoms. The number of hydrogen-bond acceptors (Lipinski definition) is 4. The van der Waals surface area contributed by atoms with E-state index in [1.54, 1.807) is 6.20 Å². The average molecular weight is 336 g/mol. The zero-order chi connectivity index (χ0) is 17.2. The third kappa shape index (κ3) is 3.14. The fourth-order valence-corrected chi connectivity index (χ4v) is 3.82. The topological polar surface area (TPSA) is 45.6 Å². The number of pyridine rings is 1. The van der Waals surface area contributed by atoms with Crippen LogP contribution in [-0.2, 0) is 6.42 Å². The second-order valence-corrected chi connectivity index (χ2v) is 6.80. The standard InChI is InChI=1S/C21H24N2O2/c1-2-11-23-12-9-16(24)14-19(23)18-13-15-6-3-4-8-20(15)25-21-17(18)7-5-10-22-21/h3-8,10,16,24H,2,9,11-14H2,1H3. The first-order valence-electron chi connectivity index (χ1n) is 9.12. The van der Waals surface area contributed by atoms with E-state index in [4.69, 9.17) is 4.74 Å². The Kier molecular flexibility index (Phi) is 4.45. The number of allylic oxidation sites excluding steroid dienone is 1. The number of rotatable bonds is 2. The summed E-state index contributed by atoms with van der Waals surface area (Å²) in [5, 5.41) is 10.3. The average Bonchev–Trinajstić information content (AvgIpc) is 2.80. The molecular formula is C21H24N2O2. The second kappa shape index (κ2) is 6.89. The lowest BCUT2D eigenvalue weighted by Crippen LogP contribution is -2.35. The number of benzene rings is 1. The molecule has 0 aliphatic carbocycles. The maximum Gasteiger partial charge on any atom is 0.226 e. The van der Waals surface area contributed by atoms with Gasteiger partial charge in [-0.25, -0.2) is 4.98 Å². The molecule has 0 spiro atoms. The lowest BCUT2D eigenvalue weighted by atomic mass is 9.92. The van der Waals surface area contributed by atoms with E-state index in [0.29, 0.717) is 12.3 Å². The van der Waals surface area contributed by atoms with Crippen LogP contribution >= 0.6 is 0 Å². The predicted molar refractivity (Wildman–Crippen MR) is 98.5 cm³/mol. The molecule has 2 aromatic rings. The molecule has 1 fully saturated rings. The summed E-state index contributed by atoms with van der Waals surface area (Å²) in [5.74, 6) is 1.53. The lowest BCUT2D eigenvalue weighted by molar-refractivity contribution is 0.111. The minimum absolute atomic E-state index is 0.268. The van der Waals surface area contributed by atoms with Gasteiger partial charge < -0.3 is 14.7 Å². The van der Waals surface area contributed by atoms with Gasteiger partial charge in [0.2, 0.25) is 5.88 Å². The predicted octanol–water partition coefficient (Wildman–Crippen LogP) is 4.01. The number of nitrogens with zero attached hydrogens (tertiary/aromatic N) is 2. The zero-order valence-corrected chi connectivity index (χ0v) is 14.6. The first-order chi connectivity index (χ1) is 12.3. The van der Waals surface area contributed by atoms with Crippen molar-refractivity contribution in [2.24, 2.45) is 0 Å². The van der Waals surface area contributed by atoms with Crippen molar-refractivity contribution in [2.45, 2.75) is 38.7 Å². The summed E-state index contributed by atoms with van der Waals surface area (Å²) in [4.78, 5) is 6.91. The van der Waals surface area contributed by atoms with Crippen LogP contribution < -0.4 is 4.74 Å². The molecule has 0 saturated carbocycles. The molecule has 0 amide bonds. The third-order valence-corrected chi connectivity index (χ3v) is 5.03. The fourth-order valence-electron chi connectivity index (χ4n) is 3.82. The summed E-state index contributed by atoms with van der Waals surface area (Å²) >= 11 is 0. The van der Waals surface area contributed by atoms with Gasteiger partial charge in [-0.15, -0.1) is 0 Å². The molecule has 1 atom stereocenters. The Morgan fingerprint density at radius 2 is 2.12 bits per heavy atom. The first-order valence-corrected chi connectivity index (χ1v) is 9.12. The number of para-hydroxylation sites is 1. The molecule has 4 nitrogen and oxygen atoms in total. The van der Waals surface area contributed by atoms with Crippen LogP contribution in [0.25, 0.3) is 5.57 Å². The van der Waals surface area contributed by atoms with E-state index in [1.165, 1.54) is 16.8 Å². The van der Waals surface area contributed by atoms with Crippen LogP contribution in [0.2, 0.25) is 0 Å². The molecule has 1 N–H and O–H groups in total. The monoisotopic (exact) mass is 336 g/mol. The van der Waals surface area contributed by atoms with Gasteiger partial charge in [0.05, 0.1) is 6.10 Å². The van der Waals surface area contributed by atoms with Crippen LogP contribution in [0.3, 0.4) is 0 Å². The van der Waals surface area contributed by atoms with Crippen molar-refractivity contribution in [3.8, 4) is 11.6 Å². The number of fused-ring (bicyclic) bond motifs is 2. The minimum atomic E-state index is -0.268. The van der Waals surface area contributed by atoms with E-state index in [9.17, 15) is 5.11 Å². The highest BCUT2D eigenvalue weighted by atomic mass is 16.5. The molecule has 1 saturated heterocycles. The molecule has 130 valence electrons. The lowest BCUT2D eigenvalue weighted by Gasteiger charge is -2.36. The Balaban J connectivity index is 1.89. The highest BCUT2D eigenvalue weighted by molar-refractivity contribution is 5.76. The summed E-state index contributed by atoms with van der Waals surface area (Å²) in [6, 6.07) is 12.2. The van der Waals surface area contributed by atoms with Crippen molar-refractivity contribution in [3.63, 3.8) is 0 Å². The van der Waals surface area contributed by atoms with Gasteiger partial charge in [-0.1, -0.05) is 25.1 Å². The maximum absolute atomic E-state index is 10.3. The number of aromatic nitrogens is 1. The molecule has 0 bridgehead atoms. The molecule has 1 aromatic heterocycles. The van der Waals surface area contributed by atoms with Crippen LogP contribution in [0.1, 0.15) is 37.3 Å². The summed E-state index contributed by atoms with van der Waals surface area (Å²) in [7, 11) is 0.